The standard InChI is InChI=1S/C51H64N6O8/c1-30(2)44(54-48(60)62-5)46(58)56-19-9-10-42(56)40-23-35(28-53-40)37-16-15-36(38-24-50(25-39(37)38)17-7-8-18-50)33-13-11-32(12-14-33)34-22-41(52-27-34)43-26-51(64-20-21-65-51)29-57(43)47(59)45(31(3)4)55-49(61)63-6/h11-16,27-28,30-31,42-45H,7-10,17-26,29H2,1-6H3,(H,54,60)(H,55,61)/t42-,43-,44-,45?/m0/s1. The van der Waals surface area contributed by atoms with Crippen LogP contribution in [-0.4, -0.2) is 116 Å². The third-order valence-corrected chi connectivity index (χ3v) is 15.1. The molecule has 2 N–H and O–H groups in total. The van der Waals surface area contributed by atoms with Crippen LogP contribution in [0.25, 0.3) is 22.3 Å². The van der Waals surface area contributed by atoms with Crippen LogP contribution >= 0.6 is 0 Å². The summed E-state index contributed by atoms with van der Waals surface area (Å²) in [6.07, 6.45) is 13.4. The highest BCUT2D eigenvalue weighted by atomic mass is 16.7. The zero-order valence-electron chi connectivity index (χ0n) is 38.7. The van der Waals surface area contributed by atoms with Crippen LogP contribution in [0.3, 0.4) is 0 Å². The predicted molar refractivity (Wildman–Crippen MR) is 248 cm³/mol. The normalized spacial score (nSPS) is 23.8. The second-order valence-corrected chi connectivity index (χ2v) is 19.9. The van der Waals surface area contributed by atoms with E-state index in [0.717, 1.165) is 48.2 Å². The molecule has 3 saturated heterocycles. The summed E-state index contributed by atoms with van der Waals surface area (Å²) in [6, 6.07) is 11.6. The number of likely N-dealkylation sites (tertiary alicyclic amines) is 2. The number of ether oxygens (including phenoxy) is 4. The molecule has 0 aromatic heterocycles. The van der Waals surface area contributed by atoms with Crippen LogP contribution in [0.15, 0.2) is 58.8 Å². The van der Waals surface area contributed by atoms with Crippen molar-refractivity contribution in [2.24, 2.45) is 27.2 Å². The van der Waals surface area contributed by atoms with E-state index in [4.69, 9.17) is 28.9 Å². The minimum absolute atomic E-state index is 0.0818. The summed E-state index contributed by atoms with van der Waals surface area (Å²) in [5.74, 6) is -1.44. The molecule has 4 atom stereocenters. The number of carbonyl (C=O) groups excluding carboxylic acids is 4. The van der Waals surface area contributed by atoms with Gasteiger partial charge in [-0.3, -0.25) is 19.6 Å². The lowest BCUT2D eigenvalue weighted by Crippen LogP contribution is -2.54. The fourth-order valence-electron chi connectivity index (χ4n) is 11.7. The number of rotatable bonds is 11. The predicted octanol–water partition coefficient (Wildman–Crippen LogP) is 7.48. The Labute approximate surface area is 382 Å². The maximum absolute atomic E-state index is 14.1. The van der Waals surface area contributed by atoms with Gasteiger partial charge in [0.25, 0.3) is 0 Å². The summed E-state index contributed by atoms with van der Waals surface area (Å²) in [5.41, 5.74) is 12.2. The first kappa shape index (κ1) is 44.8. The van der Waals surface area contributed by atoms with Crippen molar-refractivity contribution in [1.29, 1.82) is 0 Å². The molecule has 0 bridgehead atoms. The molecular formula is C51H64N6O8. The van der Waals surface area contributed by atoms with Crippen molar-refractivity contribution in [2.45, 2.75) is 128 Å². The Morgan fingerprint density at radius 1 is 0.692 bits per heavy atom. The summed E-state index contributed by atoms with van der Waals surface area (Å²) in [6.45, 7) is 9.52. The summed E-state index contributed by atoms with van der Waals surface area (Å²) in [4.78, 5) is 66.1. The molecule has 4 amide bonds. The van der Waals surface area contributed by atoms with Crippen LogP contribution in [0.1, 0.15) is 108 Å². The van der Waals surface area contributed by atoms with Crippen molar-refractivity contribution in [2.75, 3.05) is 40.5 Å². The lowest BCUT2D eigenvalue weighted by atomic mass is 9.82. The molecule has 14 heteroatoms. The smallest absolute Gasteiger partial charge is 0.407 e. The van der Waals surface area contributed by atoms with Gasteiger partial charge in [0, 0.05) is 49.6 Å². The molecule has 2 spiro atoms. The van der Waals surface area contributed by atoms with Crippen molar-refractivity contribution in [1.82, 2.24) is 20.4 Å². The molecule has 5 heterocycles. The topological polar surface area (TPSA) is 160 Å². The number of allylic oxidation sites excluding steroid dienone is 2. The van der Waals surface area contributed by atoms with E-state index in [1.807, 2.05) is 45.0 Å². The maximum Gasteiger partial charge on any atom is 0.407 e. The average molecular weight is 889 g/mol. The Morgan fingerprint density at radius 2 is 1.23 bits per heavy atom. The first-order valence-corrected chi connectivity index (χ1v) is 23.7. The molecule has 0 radical (unpaired) electrons. The van der Waals surface area contributed by atoms with Crippen molar-refractivity contribution in [3.05, 3.63) is 71.1 Å². The van der Waals surface area contributed by atoms with E-state index in [0.29, 0.717) is 44.4 Å². The number of amides is 4. The fraction of sp³-hybridized carbons (Fsp3) is 0.569. The lowest BCUT2D eigenvalue weighted by Gasteiger charge is -2.31. The zero-order chi connectivity index (χ0) is 45.6. The largest absolute Gasteiger partial charge is 0.453 e. The van der Waals surface area contributed by atoms with Gasteiger partial charge in [-0.2, -0.15) is 0 Å². The summed E-state index contributed by atoms with van der Waals surface area (Å²) < 4.78 is 21.9. The van der Waals surface area contributed by atoms with Gasteiger partial charge in [0.15, 0.2) is 5.79 Å². The summed E-state index contributed by atoms with van der Waals surface area (Å²) >= 11 is 0. The molecule has 1 unspecified atom stereocenters. The second kappa shape index (κ2) is 18.1. The Kier molecular flexibility index (Phi) is 12.5. The number of fused-ring (bicyclic) bond motifs is 1. The van der Waals surface area contributed by atoms with E-state index < -0.39 is 30.1 Å². The van der Waals surface area contributed by atoms with Crippen molar-refractivity contribution in [3.63, 3.8) is 0 Å². The van der Waals surface area contributed by atoms with Gasteiger partial charge in [-0.05, 0) is 100 Å². The number of nitrogens with zero attached hydrogens (tertiary/aromatic N) is 4. The zero-order valence-corrected chi connectivity index (χ0v) is 38.7. The van der Waals surface area contributed by atoms with Gasteiger partial charge in [0.1, 0.15) is 12.1 Å². The molecule has 2 aliphatic carbocycles. The van der Waals surface area contributed by atoms with E-state index in [1.165, 1.54) is 73.3 Å². The number of aliphatic imine (C=N–C) groups is 2. The van der Waals surface area contributed by atoms with Crippen LogP contribution < -0.4 is 10.6 Å². The molecule has 1 saturated carbocycles. The van der Waals surface area contributed by atoms with Crippen molar-refractivity contribution in [3.8, 4) is 11.1 Å². The molecule has 2 aromatic rings. The Morgan fingerprint density at radius 3 is 1.85 bits per heavy atom. The van der Waals surface area contributed by atoms with E-state index >= 15 is 0 Å². The third-order valence-electron chi connectivity index (χ3n) is 15.1. The molecule has 5 aliphatic heterocycles. The van der Waals surface area contributed by atoms with Gasteiger partial charge < -0.3 is 39.4 Å². The minimum Gasteiger partial charge on any atom is -0.453 e. The van der Waals surface area contributed by atoms with Crippen LogP contribution in [0.2, 0.25) is 0 Å². The first-order chi connectivity index (χ1) is 31.3. The maximum atomic E-state index is 14.1. The average Bonchev–Trinajstić information content (AvgIpc) is 4.17. The number of carbonyl (C=O) groups is 4. The van der Waals surface area contributed by atoms with Gasteiger partial charge in [-0.25, -0.2) is 9.59 Å². The molecular weight excluding hydrogens is 825 g/mol. The SMILES string of the molecule is COC(=O)NC(C(=O)N1CC2(C[C@H]1C1=NC=C(c3ccc(-c4ccc(C5=CN=C([C@@H]6CCCN6C(=O)[C@@H](NC(=O)OC)C(C)C)C5)c5c4CC4(CCCC4)C5)cc3)C1)OCCO2)C(C)C. The highest BCUT2D eigenvalue weighted by molar-refractivity contribution is 6.05. The van der Waals surface area contributed by atoms with Crippen molar-refractivity contribution >= 4 is 46.6 Å². The lowest BCUT2D eigenvalue weighted by molar-refractivity contribution is -0.153. The monoisotopic (exact) mass is 888 g/mol. The number of hydrogen-bond donors (Lipinski definition) is 2. The van der Waals surface area contributed by atoms with Gasteiger partial charge in [0.05, 0.1) is 46.1 Å². The molecule has 2 aromatic carbocycles. The number of alkyl carbamates (subject to hydrolysis) is 2. The number of nitrogens with one attached hydrogen (secondary N) is 2. The minimum atomic E-state index is -0.892. The molecule has 4 fully saturated rings. The fourth-order valence-corrected chi connectivity index (χ4v) is 11.7. The molecule has 7 aliphatic rings. The van der Waals surface area contributed by atoms with E-state index in [-0.39, 0.29) is 42.3 Å². The van der Waals surface area contributed by atoms with Crippen LogP contribution in [-0.2, 0) is 41.4 Å². The second-order valence-electron chi connectivity index (χ2n) is 19.9. The highest BCUT2D eigenvalue weighted by Crippen LogP contribution is 2.53. The molecule has 9 rings (SSSR count). The summed E-state index contributed by atoms with van der Waals surface area (Å²) in [5, 5.41) is 5.51. The van der Waals surface area contributed by atoms with E-state index in [9.17, 15) is 19.2 Å². The Hall–Kier alpha value is -5.34. The number of benzene rings is 2. The van der Waals surface area contributed by atoms with Gasteiger partial charge in [-0.15, -0.1) is 0 Å². The summed E-state index contributed by atoms with van der Waals surface area (Å²) in [7, 11) is 2.61. The van der Waals surface area contributed by atoms with Crippen molar-refractivity contribution < 1.29 is 38.1 Å². The van der Waals surface area contributed by atoms with Gasteiger partial charge in [-0.1, -0.05) is 76.9 Å². The third kappa shape index (κ3) is 8.64. The van der Waals surface area contributed by atoms with Gasteiger partial charge >= 0.3 is 12.2 Å². The van der Waals surface area contributed by atoms with Gasteiger partial charge in [0.2, 0.25) is 11.8 Å². The van der Waals surface area contributed by atoms with Crippen LogP contribution in [0.5, 0.6) is 0 Å². The van der Waals surface area contributed by atoms with E-state index in [2.05, 4.69) is 47.0 Å². The quantitative estimate of drug-likeness (QED) is 0.235. The molecule has 14 nitrogen and oxygen atoms in total. The molecule has 346 valence electrons. The Balaban J connectivity index is 0.914. The van der Waals surface area contributed by atoms with Crippen LogP contribution in [0.4, 0.5) is 9.59 Å². The molecule has 65 heavy (non-hydrogen) atoms. The number of methoxy groups -OCH3 is 2. The number of hydrogen-bond acceptors (Lipinski definition) is 10. The first-order valence-electron chi connectivity index (χ1n) is 23.7. The Bertz CT molecular complexity index is 2340. The van der Waals surface area contributed by atoms with E-state index in [1.54, 1.807) is 4.90 Å². The van der Waals surface area contributed by atoms with Crippen LogP contribution in [0, 0.1) is 17.3 Å². The highest BCUT2D eigenvalue weighted by Gasteiger charge is 2.53.